The third-order valence-electron chi connectivity index (χ3n) is 8.37. The average Bonchev–Trinajstić information content (AvgIpc) is 3.66. The van der Waals surface area contributed by atoms with Gasteiger partial charge in [-0.3, -0.25) is 4.90 Å². The van der Waals surface area contributed by atoms with E-state index in [9.17, 15) is 21.6 Å². The molecule has 3 aliphatic rings. The second-order valence-electron chi connectivity index (χ2n) is 11.2. The molecule has 14 heteroatoms. The van der Waals surface area contributed by atoms with Crippen LogP contribution in [0.4, 0.5) is 19.1 Å². The lowest BCUT2D eigenvalue weighted by atomic mass is 10.1. The first kappa shape index (κ1) is 28.4. The van der Waals surface area contributed by atoms with Crippen molar-refractivity contribution in [2.24, 2.45) is 5.92 Å². The number of piperidine rings is 2. The van der Waals surface area contributed by atoms with Gasteiger partial charge in [-0.2, -0.15) is 13.2 Å². The number of rotatable bonds is 7. The molecule has 4 heterocycles. The molecule has 3 fully saturated rings. The summed E-state index contributed by atoms with van der Waals surface area (Å²) in [6.07, 6.45) is 4.92. The molecule has 6 rings (SSSR count). The lowest BCUT2D eigenvalue weighted by Crippen LogP contribution is -2.42. The minimum absolute atomic E-state index is 0.0263. The van der Waals surface area contributed by atoms with Gasteiger partial charge in [0.25, 0.3) is 0 Å². The molecule has 3 aromatic rings. The molecule has 1 aliphatic carbocycles. The minimum atomic E-state index is -4.69. The molecule has 2 aromatic heterocycles. The van der Waals surface area contributed by atoms with E-state index in [2.05, 4.69) is 25.2 Å². The van der Waals surface area contributed by atoms with E-state index in [-0.39, 0.29) is 23.4 Å². The highest BCUT2D eigenvalue weighted by molar-refractivity contribution is 7.88. The normalized spacial score (nSPS) is 22.5. The summed E-state index contributed by atoms with van der Waals surface area (Å²) < 4.78 is 68.3. The SMILES string of the molecule is CS(=O)(=O)N1CCC(Nc2ncc(C(F)(F)F)c(-c3cn(-c4ccc(CN5CC6CCC5C6)cc4Cl)cn3)n2)CC1. The third-order valence-corrected chi connectivity index (χ3v) is 9.98. The van der Waals surface area contributed by atoms with E-state index in [1.54, 1.807) is 4.57 Å². The topological polar surface area (TPSA) is 96.2 Å². The highest BCUT2D eigenvalue weighted by Crippen LogP contribution is 2.39. The van der Waals surface area contributed by atoms with Crippen molar-refractivity contribution in [3.63, 3.8) is 0 Å². The van der Waals surface area contributed by atoms with Gasteiger partial charge < -0.3 is 9.88 Å². The molecule has 2 aliphatic heterocycles. The van der Waals surface area contributed by atoms with Gasteiger partial charge >= 0.3 is 6.18 Å². The summed E-state index contributed by atoms with van der Waals surface area (Å²) in [6.45, 7) is 2.57. The molecular formula is C27H31ClF3N7O2S. The molecular weight excluding hydrogens is 579 g/mol. The molecule has 220 valence electrons. The fourth-order valence-corrected chi connectivity index (χ4v) is 7.43. The van der Waals surface area contributed by atoms with Crippen molar-refractivity contribution >= 4 is 27.6 Å². The van der Waals surface area contributed by atoms with E-state index in [0.29, 0.717) is 42.7 Å². The van der Waals surface area contributed by atoms with Gasteiger partial charge in [0, 0.05) is 50.7 Å². The lowest BCUT2D eigenvalue weighted by Gasteiger charge is -2.30. The number of hydrogen-bond acceptors (Lipinski definition) is 7. The molecule has 1 N–H and O–H groups in total. The second kappa shape index (κ2) is 10.8. The van der Waals surface area contributed by atoms with Gasteiger partial charge in [0.1, 0.15) is 23.3 Å². The van der Waals surface area contributed by atoms with Gasteiger partial charge in [-0.15, -0.1) is 0 Å². The van der Waals surface area contributed by atoms with Crippen molar-refractivity contribution in [2.45, 2.75) is 56.9 Å². The number of fused-ring (bicyclic) bond motifs is 2. The number of imidazole rings is 1. The summed E-state index contributed by atoms with van der Waals surface area (Å²) in [4.78, 5) is 14.8. The smallest absolute Gasteiger partial charge is 0.351 e. The number of nitrogens with zero attached hydrogens (tertiary/aromatic N) is 6. The minimum Gasteiger partial charge on any atom is -0.351 e. The van der Waals surface area contributed by atoms with Crippen molar-refractivity contribution in [2.75, 3.05) is 31.2 Å². The Morgan fingerprint density at radius 3 is 2.54 bits per heavy atom. The van der Waals surface area contributed by atoms with Crippen LogP contribution in [0.2, 0.25) is 5.02 Å². The van der Waals surface area contributed by atoms with Crippen LogP contribution in [-0.4, -0.2) is 75.1 Å². The number of aromatic nitrogens is 4. The molecule has 0 amide bonds. The number of alkyl halides is 3. The van der Waals surface area contributed by atoms with Crippen LogP contribution in [0.5, 0.6) is 0 Å². The van der Waals surface area contributed by atoms with Gasteiger partial charge in [0.2, 0.25) is 16.0 Å². The molecule has 2 saturated heterocycles. The van der Waals surface area contributed by atoms with E-state index >= 15 is 0 Å². The maximum Gasteiger partial charge on any atom is 0.420 e. The van der Waals surface area contributed by atoms with Crippen molar-refractivity contribution < 1.29 is 21.6 Å². The Balaban J connectivity index is 1.21. The first-order valence-electron chi connectivity index (χ1n) is 13.7. The first-order chi connectivity index (χ1) is 19.4. The first-order valence-corrected chi connectivity index (χ1v) is 15.9. The van der Waals surface area contributed by atoms with Crippen molar-refractivity contribution in [1.29, 1.82) is 0 Å². The number of likely N-dealkylation sites (tertiary alicyclic amines) is 1. The van der Waals surface area contributed by atoms with Crippen LogP contribution in [0, 0.1) is 5.92 Å². The monoisotopic (exact) mass is 609 g/mol. The fourth-order valence-electron chi connectivity index (χ4n) is 6.26. The molecule has 2 atom stereocenters. The zero-order valence-electron chi connectivity index (χ0n) is 22.5. The van der Waals surface area contributed by atoms with Crippen LogP contribution in [0.1, 0.15) is 43.2 Å². The quantitative estimate of drug-likeness (QED) is 0.410. The zero-order valence-corrected chi connectivity index (χ0v) is 24.1. The van der Waals surface area contributed by atoms with Crippen LogP contribution < -0.4 is 5.32 Å². The standard InChI is InChI=1S/C27H31ClF3N7O2S/c1-41(39,40)38-8-6-19(7-9-38)34-26-32-12-21(27(29,30)31)25(35-26)23-15-37(16-33-23)24-5-3-18(11-22(24)28)14-36-13-17-2-4-20(36)10-17/h3,5,11-12,15-17,19-20H,2,4,6-10,13-14H2,1H3,(H,32,34,35). The molecule has 0 radical (unpaired) electrons. The largest absolute Gasteiger partial charge is 0.420 e. The molecule has 0 spiro atoms. The molecule has 41 heavy (non-hydrogen) atoms. The van der Waals surface area contributed by atoms with E-state index < -0.39 is 21.8 Å². The molecule has 1 saturated carbocycles. The van der Waals surface area contributed by atoms with E-state index in [1.165, 1.54) is 36.1 Å². The Bertz CT molecular complexity index is 1540. The zero-order chi connectivity index (χ0) is 28.9. The van der Waals surface area contributed by atoms with Crippen molar-refractivity contribution in [3.8, 4) is 17.1 Å². The predicted octanol–water partition coefficient (Wildman–Crippen LogP) is 4.82. The van der Waals surface area contributed by atoms with Gasteiger partial charge in [-0.1, -0.05) is 17.7 Å². The van der Waals surface area contributed by atoms with Gasteiger partial charge in [-0.05, 0) is 55.7 Å². The van der Waals surface area contributed by atoms with Gasteiger partial charge in [-0.25, -0.2) is 27.7 Å². The summed E-state index contributed by atoms with van der Waals surface area (Å²) in [5, 5.41) is 3.55. The highest BCUT2D eigenvalue weighted by atomic mass is 35.5. The van der Waals surface area contributed by atoms with E-state index in [4.69, 9.17) is 11.6 Å². The Morgan fingerprint density at radius 1 is 1.12 bits per heavy atom. The van der Waals surface area contributed by atoms with Crippen molar-refractivity contribution in [1.82, 2.24) is 28.7 Å². The van der Waals surface area contributed by atoms with E-state index in [1.807, 2.05) is 18.2 Å². The Labute approximate surface area is 241 Å². The third kappa shape index (κ3) is 6.08. The maximum absolute atomic E-state index is 13.9. The molecule has 2 unspecified atom stereocenters. The Hall–Kier alpha value is -2.74. The van der Waals surface area contributed by atoms with Crippen LogP contribution >= 0.6 is 11.6 Å². The van der Waals surface area contributed by atoms with Crippen LogP contribution in [0.3, 0.4) is 0 Å². The Kier molecular flexibility index (Phi) is 7.50. The summed E-state index contributed by atoms with van der Waals surface area (Å²) in [6, 6.07) is 6.23. The van der Waals surface area contributed by atoms with E-state index in [0.717, 1.165) is 37.0 Å². The number of nitrogens with one attached hydrogen (secondary N) is 1. The van der Waals surface area contributed by atoms with Gasteiger partial charge in [0.05, 0.1) is 17.0 Å². The van der Waals surface area contributed by atoms with Crippen molar-refractivity contribution in [3.05, 3.63) is 53.1 Å². The summed E-state index contributed by atoms with van der Waals surface area (Å²) in [7, 11) is -3.29. The van der Waals surface area contributed by atoms with Crippen LogP contribution in [0.25, 0.3) is 17.1 Å². The fraction of sp³-hybridized carbons (Fsp3) is 0.519. The number of hydrogen-bond donors (Lipinski definition) is 1. The maximum atomic E-state index is 13.9. The molecule has 1 aromatic carbocycles. The van der Waals surface area contributed by atoms with Gasteiger partial charge in [0.15, 0.2) is 0 Å². The summed E-state index contributed by atoms with van der Waals surface area (Å²) in [5.41, 5.74) is 0.388. The Morgan fingerprint density at radius 2 is 1.90 bits per heavy atom. The number of sulfonamides is 1. The number of halogens is 4. The highest BCUT2D eigenvalue weighted by Gasteiger charge is 2.38. The number of benzene rings is 1. The number of anilines is 1. The van der Waals surface area contributed by atoms with Crippen LogP contribution in [0.15, 0.2) is 36.9 Å². The second-order valence-corrected chi connectivity index (χ2v) is 13.6. The summed E-state index contributed by atoms with van der Waals surface area (Å²) >= 11 is 6.64. The lowest BCUT2D eigenvalue weighted by molar-refractivity contribution is -0.137. The molecule has 9 nitrogen and oxygen atoms in total. The average molecular weight is 610 g/mol. The van der Waals surface area contributed by atoms with Crippen LogP contribution in [-0.2, 0) is 22.7 Å². The summed E-state index contributed by atoms with van der Waals surface area (Å²) in [5.74, 6) is 0.824. The predicted molar refractivity (Wildman–Crippen MR) is 149 cm³/mol. The molecule has 2 bridgehead atoms.